The van der Waals surface area contributed by atoms with E-state index in [0.717, 1.165) is 12.5 Å². The van der Waals surface area contributed by atoms with Gasteiger partial charge in [-0.1, -0.05) is 62.9 Å². The fourth-order valence-corrected chi connectivity index (χ4v) is 3.21. The van der Waals surface area contributed by atoms with Crippen molar-refractivity contribution in [3.05, 3.63) is 35.9 Å². The quantitative estimate of drug-likeness (QED) is 0.665. The standard InChI is InChI=1S/C18H29N/c1-16(18-11-3-2-4-12-18)13-15-19-14-7-10-17-8-5-6-9-17/h2-4,11-12,16-17,19H,5-10,13-15H2,1H3. The summed E-state index contributed by atoms with van der Waals surface area (Å²) < 4.78 is 0. The van der Waals surface area contributed by atoms with E-state index in [-0.39, 0.29) is 0 Å². The second-order valence-electron chi connectivity index (χ2n) is 6.14. The summed E-state index contributed by atoms with van der Waals surface area (Å²) in [6.07, 6.45) is 9.99. The molecule has 1 fully saturated rings. The predicted octanol–water partition coefficient (Wildman–Crippen LogP) is 4.74. The Balaban J connectivity index is 1.49. The van der Waals surface area contributed by atoms with Crippen molar-refractivity contribution in [3.8, 4) is 0 Å². The summed E-state index contributed by atoms with van der Waals surface area (Å²) in [4.78, 5) is 0. The maximum atomic E-state index is 3.61. The Bertz CT molecular complexity index is 327. The average Bonchev–Trinajstić information content (AvgIpc) is 2.96. The first-order valence-corrected chi connectivity index (χ1v) is 8.12. The van der Waals surface area contributed by atoms with Gasteiger partial charge in [-0.3, -0.25) is 0 Å². The molecule has 0 amide bonds. The molecule has 1 nitrogen and oxygen atoms in total. The van der Waals surface area contributed by atoms with Crippen molar-refractivity contribution in [1.29, 1.82) is 0 Å². The van der Waals surface area contributed by atoms with Gasteiger partial charge in [-0.2, -0.15) is 0 Å². The lowest BCUT2D eigenvalue weighted by Crippen LogP contribution is -2.18. The normalized spacial score (nSPS) is 17.7. The van der Waals surface area contributed by atoms with Crippen LogP contribution in [0.3, 0.4) is 0 Å². The zero-order chi connectivity index (χ0) is 13.3. The molecule has 1 saturated carbocycles. The molecule has 0 radical (unpaired) electrons. The highest BCUT2D eigenvalue weighted by Gasteiger charge is 2.13. The lowest BCUT2D eigenvalue weighted by molar-refractivity contribution is 0.466. The van der Waals surface area contributed by atoms with Gasteiger partial charge in [-0.25, -0.2) is 0 Å². The molecule has 1 unspecified atom stereocenters. The third kappa shape index (κ3) is 5.36. The maximum Gasteiger partial charge on any atom is -0.00432 e. The van der Waals surface area contributed by atoms with Gasteiger partial charge in [0.15, 0.2) is 0 Å². The Kier molecular flexibility index (Phi) is 6.43. The van der Waals surface area contributed by atoms with E-state index >= 15 is 0 Å². The van der Waals surface area contributed by atoms with E-state index in [1.54, 1.807) is 0 Å². The van der Waals surface area contributed by atoms with Gasteiger partial charge in [0.05, 0.1) is 0 Å². The van der Waals surface area contributed by atoms with Crippen LogP contribution >= 0.6 is 0 Å². The molecule has 0 saturated heterocycles. The number of hydrogen-bond acceptors (Lipinski definition) is 1. The zero-order valence-electron chi connectivity index (χ0n) is 12.4. The van der Waals surface area contributed by atoms with E-state index in [9.17, 15) is 0 Å². The number of benzene rings is 1. The van der Waals surface area contributed by atoms with Crippen LogP contribution in [0.25, 0.3) is 0 Å². The van der Waals surface area contributed by atoms with Gasteiger partial charge in [0.25, 0.3) is 0 Å². The first kappa shape index (κ1) is 14.6. The summed E-state index contributed by atoms with van der Waals surface area (Å²) in [6.45, 7) is 4.69. The summed E-state index contributed by atoms with van der Waals surface area (Å²) in [5.74, 6) is 1.72. The second-order valence-corrected chi connectivity index (χ2v) is 6.14. The van der Waals surface area contributed by atoms with Gasteiger partial charge in [-0.15, -0.1) is 0 Å². The number of nitrogens with one attached hydrogen (secondary N) is 1. The molecule has 1 aromatic rings. The van der Waals surface area contributed by atoms with E-state index < -0.39 is 0 Å². The average molecular weight is 259 g/mol. The van der Waals surface area contributed by atoms with Crippen LogP contribution in [0, 0.1) is 5.92 Å². The van der Waals surface area contributed by atoms with Crippen LogP contribution < -0.4 is 5.32 Å². The molecule has 1 aliphatic carbocycles. The highest BCUT2D eigenvalue weighted by Crippen LogP contribution is 2.28. The smallest absolute Gasteiger partial charge is 0.00432 e. The van der Waals surface area contributed by atoms with E-state index in [2.05, 4.69) is 42.6 Å². The molecule has 1 aromatic carbocycles. The first-order chi connectivity index (χ1) is 9.36. The molecule has 0 spiro atoms. The summed E-state index contributed by atoms with van der Waals surface area (Å²) in [6, 6.07) is 10.9. The van der Waals surface area contributed by atoms with Crippen LogP contribution in [0.2, 0.25) is 0 Å². The lowest BCUT2D eigenvalue weighted by Gasteiger charge is -2.13. The molecule has 0 heterocycles. The van der Waals surface area contributed by atoms with Gasteiger partial charge in [-0.05, 0) is 49.8 Å². The summed E-state index contributed by atoms with van der Waals surface area (Å²) >= 11 is 0. The molecular formula is C18H29N. The Hall–Kier alpha value is -0.820. The van der Waals surface area contributed by atoms with E-state index in [1.807, 2.05) is 0 Å². The number of hydrogen-bond donors (Lipinski definition) is 1. The van der Waals surface area contributed by atoms with Crippen LogP contribution in [-0.2, 0) is 0 Å². The Morgan fingerprint density at radius 2 is 1.84 bits per heavy atom. The van der Waals surface area contributed by atoms with Crippen molar-refractivity contribution >= 4 is 0 Å². The predicted molar refractivity (Wildman–Crippen MR) is 83.5 cm³/mol. The molecule has 2 rings (SSSR count). The lowest BCUT2D eigenvalue weighted by atomic mass is 9.98. The van der Waals surface area contributed by atoms with Gasteiger partial charge < -0.3 is 5.32 Å². The van der Waals surface area contributed by atoms with Gasteiger partial charge in [0, 0.05) is 0 Å². The summed E-state index contributed by atoms with van der Waals surface area (Å²) in [7, 11) is 0. The zero-order valence-corrected chi connectivity index (χ0v) is 12.4. The van der Waals surface area contributed by atoms with Crippen LogP contribution in [0.15, 0.2) is 30.3 Å². The van der Waals surface area contributed by atoms with Gasteiger partial charge in [0.2, 0.25) is 0 Å². The molecule has 0 aromatic heterocycles. The molecule has 1 aliphatic rings. The second kappa shape index (κ2) is 8.37. The molecule has 1 N–H and O–H groups in total. The minimum Gasteiger partial charge on any atom is -0.317 e. The number of rotatable bonds is 8. The van der Waals surface area contributed by atoms with Crippen LogP contribution in [-0.4, -0.2) is 13.1 Å². The largest absolute Gasteiger partial charge is 0.317 e. The fraction of sp³-hybridized carbons (Fsp3) is 0.667. The summed E-state index contributed by atoms with van der Waals surface area (Å²) in [5.41, 5.74) is 1.47. The van der Waals surface area contributed by atoms with Crippen LogP contribution in [0.1, 0.15) is 63.4 Å². The summed E-state index contributed by atoms with van der Waals surface area (Å²) in [5, 5.41) is 3.61. The molecule has 106 valence electrons. The van der Waals surface area contributed by atoms with Crippen molar-refractivity contribution in [2.75, 3.05) is 13.1 Å². The minimum atomic E-state index is 0.670. The first-order valence-electron chi connectivity index (χ1n) is 8.12. The topological polar surface area (TPSA) is 12.0 Å². The van der Waals surface area contributed by atoms with Crippen molar-refractivity contribution < 1.29 is 0 Å². The Morgan fingerprint density at radius 1 is 1.11 bits per heavy atom. The Labute approximate surface area is 118 Å². The van der Waals surface area contributed by atoms with Gasteiger partial charge in [0.1, 0.15) is 0 Å². The third-order valence-corrected chi connectivity index (χ3v) is 4.56. The highest BCUT2D eigenvalue weighted by molar-refractivity contribution is 5.18. The van der Waals surface area contributed by atoms with E-state index in [1.165, 1.54) is 57.1 Å². The van der Waals surface area contributed by atoms with Crippen molar-refractivity contribution in [3.63, 3.8) is 0 Å². The van der Waals surface area contributed by atoms with Crippen molar-refractivity contribution in [2.24, 2.45) is 5.92 Å². The molecule has 1 heteroatoms. The minimum absolute atomic E-state index is 0.670. The maximum absolute atomic E-state index is 3.61. The highest BCUT2D eigenvalue weighted by atomic mass is 14.8. The van der Waals surface area contributed by atoms with E-state index in [0.29, 0.717) is 5.92 Å². The van der Waals surface area contributed by atoms with Crippen LogP contribution in [0.5, 0.6) is 0 Å². The van der Waals surface area contributed by atoms with Gasteiger partial charge >= 0.3 is 0 Å². The molecule has 0 bridgehead atoms. The third-order valence-electron chi connectivity index (χ3n) is 4.56. The monoisotopic (exact) mass is 259 g/mol. The molecule has 0 aliphatic heterocycles. The SMILES string of the molecule is CC(CCNCCCC1CCCC1)c1ccccc1. The Morgan fingerprint density at radius 3 is 2.58 bits per heavy atom. The molecule has 1 atom stereocenters. The van der Waals surface area contributed by atoms with Crippen molar-refractivity contribution in [2.45, 2.75) is 57.8 Å². The van der Waals surface area contributed by atoms with Crippen LogP contribution in [0.4, 0.5) is 0 Å². The van der Waals surface area contributed by atoms with E-state index in [4.69, 9.17) is 0 Å². The molecule has 19 heavy (non-hydrogen) atoms. The van der Waals surface area contributed by atoms with Crippen molar-refractivity contribution in [1.82, 2.24) is 5.32 Å². The fourth-order valence-electron chi connectivity index (χ4n) is 3.21. The molecular weight excluding hydrogens is 230 g/mol.